The molecule has 0 spiro atoms. The maximum atomic E-state index is 12.8. The molecule has 1 heterocycles. The number of benzene rings is 3. The fraction of sp³-hybridized carbons (Fsp3) is 0.0909. The minimum Gasteiger partial charge on any atom is -0.497 e. The molecule has 0 fully saturated rings. The van der Waals surface area contributed by atoms with Gasteiger partial charge in [0.2, 0.25) is 0 Å². The number of para-hydroxylation sites is 1. The van der Waals surface area contributed by atoms with Gasteiger partial charge in [0, 0.05) is 18.4 Å². The van der Waals surface area contributed by atoms with E-state index in [0.29, 0.717) is 17.0 Å². The third kappa shape index (κ3) is 3.54. The van der Waals surface area contributed by atoms with Crippen LogP contribution in [0.1, 0.15) is 16.1 Å². The van der Waals surface area contributed by atoms with Gasteiger partial charge in [-0.25, -0.2) is 0 Å². The van der Waals surface area contributed by atoms with Gasteiger partial charge >= 0.3 is 0 Å². The molecule has 6 heteroatoms. The van der Waals surface area contributed by atoms with Crippen LogP contribution < -0.4 is 10.1 Å². The van der Waals surface area contributed by atoms with Crippen molar-refractivity contribution < 1.29 is 9.53 Å². The van der Waals surface area contributed by atoms with Crippen LogP contribution in [0.5, 0.6) is 5.75 Å². The smallest absolute Gasteiger partial charge is 0.270 e. The van der Waals surface area contributed by atoms with Crippen LogP contribution in [-0.4, -0.2) is 22.6 Å². The first-order valence-electron chi connectivity index (χ1n) is 8.86. The van der Waals surface area contributed by atoms with E-state index in [1.807, 2.05) is 60.7 Å². The Labute approximate surface area is 167 Å². The Balaban J connectivity index is 1.54. The first kappa shape index (κ1) is 18.0. The van der Waals surface area contributed by atoms with Crippen molar-refractivity contribution in [3.05, 3.63) is 89.0 Å². The molecule has 3 aromatic carbocycles. The maximum Gasteiger partial charge on any atom is 0.270 e. The quantitative estimate of drug-likeness (QED) is 0.490. The molecule has 0 radical (unpaired) electrons. The van der Waals surface area contributed by atoms with E-state index >= 15 is 0 Å². The minimum absolute atomic E-state index is 0.189. The standard InChI is InChI=1S/C22H19N3O2S/c1-27-19-10-9-16-11-15(7-8-17(16)12-19)13-23-21(26)20-14-24-22(28)25(20)18-5-3-2-4-6-18/h2-12,14H,13H2,1H3,(H,23,26)(H,24,28). The number of nitrogens with zero attached hydrogens (tertiary/aromatic N) is 1. The van der Waals surface area contributed by atoms with Crippen LogP contribution in [0, 0.1) is 4.77 Å². The van der Waals surface area contributed by atoms with E-state index in [0.717, 1.165) is 27.8 Å². The van der Waals surface area contributed by atoms with Crippen LogP contribution in [0.25, 0.3) is 16.5 Å². The molecule has 4 rings (SSSR count). The second kappa shape index (κ2) is 7.70. The molecule has 0 bridgehead atoms. The van der Waals surface area contributed by atoms with E-state index in [4.69, 9.17) is 17.0 Å². The van der Waals surface area contributed by atoms with E-state index in [2.05, 4.69) is 16.4 Å². The van der Waals surface area contributed by atoms with Crippen molar-refractivity contribution in [1.82, 2.24) is 14.9 Å². The SMILES string of the molecule is COc1ccc2cc(CNC(=O)c3c[nH]c(=S)n3-c3ccccc3)ccc2c1. The maximum absolute atomic E-state index is 12.8. The van der Waals surface area contributed by atoms with Crippen LogP contribution >= 0.6 is 12.2 Å². The number of aromatic nitrogens is 2. The van der Waals surface area contributed by atoms with E-state index < -0.39 is 0 Å². The number of amides is 1. The highest BCUT2D eigenvalue weighted by molar-refractivity contribution is 7.71. The molecule has 0 aliphatic carbocycles. The number of rotatable bonds is 5. The van der Waals surface area contributed by atoms with E-state index in [1.165, 1.54) is 0 Å². The highest BCUT2D eigenvalue weighted by Crippen LogP contribution is 2.22. The Hall–Kier alpha value is -3.38. The lowest BCUT2D eigenvalue weighted by Crippen LogP contribution is -2.25. The number of nitrogens with one attached hydrogen (secondary N) is 2. The summed E-state index contributed by atoms with van der Waals surface area (Å²) in [7, 11) is 1.65. The minimum atomic E-state index is -0.189. The number of fused-ring (bicyclic) bond motifs is 1. The zero-order valence-electron chi connectivity index (χ0n) is 15.3. The van der Waals surface area contributed by atoms with Gasteiger partial charge in [-0.05, 0) is 58.9 Å². The normalized spacial score (nSPS) is 10.8. The number of ether oxygens (including phenoxy) is 1. The summed E-state index contributed by atoms with van der Waals surface area (Å²) in [5.74, 6) is 0.636. The van der Waals surface area contributed by atoms with Crippen LogP contribution in [0.4, 0.5) is 0 Å². The fourth-order valence-electron chi connectivity index (χ4n) is 3.15. The van der Waals surface area contributed by atoms with Crippen LogP contribution in [-0.2, 0) is 6.54 Å². The Morgan fingerprint density at radius 3 is 2.61 bits per heavy atom. The van der Waals surface area contributed by atoms with Gasteiger partial charge in [0.1, 0.15) is 11.4 Å². The summed E-state index contributed by atoms with van der Waals surface area (Å²) in [5.41, 5.74) is 2.34. The molecule has 0 saturated carbocycles. The first-order valence-corrected chi connectivity index (χ1v) is 9.27. The summed E-state index contributed by atoms with van der Waals surface area (Å²) in [6.07, 6.45) is 1.64. The topological polar surface area (TPSA) is 59.0 Å². The molecular weight excluding hydrogens is 370 g/mol. The molecule has 1 amide bonds. The molecule has 0 atom stereocenters. The van der Waals surface area contributed by atoms with Gasteiger partial charge in [-0.2, -0.15) is 0 Å². The Kier molecular flexibility index (Phi) is 4.95. The Morgan fingerprint density at radius 2 is 1.82 bits per heavy atom. The van der Waals surface area contributed by atoms with Crippen molar-refractivity contribution in [2.75, 3.05) is 7.11 Å². The van der Waals surface area contributed by atoms with Gasteiger partial charge in [-0.15, -0.1) is 0 Å². The lowest BCUT2D eigenvalue weighted by Gasteiger charge is -2.10. The summed E-state index contributed by atoms with van der Waals surface area (Å²) in [6, 6.07) is 21.6. The molecule has 0 unspecified atom stereocenters. The predicted molar refractivity (Wildman–Crippen MR) is 113 cm³/mol. The fourth-order valence-corrected chi connectivity index (χ4v) is 3.41. The van der Waals surface area contributed by atoms with E-state index in [9.17, 15) is 4.79 Å². The van der Waals surface area contributed by atoms with Crippen molar-refractivity contribution in [1.29, 1.82) is 0 Å². The number of H-pyrrole nitrogens is 1. The lowest BCUT2D eigenvalue weighted by molar-refractivity contribution is 0.0944. The second-order valence-corrected chi connectivity index (χ2v) is 6.77. The highest BCUT2D eigenvalue weighted by atomic mass is 32.1. The van der Waals surface area contributed by atoms with Crippen molar-refractivity contribution in [3.63, 3.8) is 0 Å². The third-order valence-corrected chi connectivity index (χ3v) is 4.89. The van der Waals surface area contributed by atoms with Crippen molar-refractivity contribution in [2.45, 2.75) is 6.54 Å². The largest absolute Gasteiger partial charge is 0.497 e. The lowest BCUT2D eigenvalue weighted by atomic mass is 10.1. The van der Waals surface area contributed by atoms with Crippen LogP contribution in [0.15, 0.2) is 72.9 Å². The summed E-state index contributed by atoms with van der Waals surface area (Å²) in [6.45, 7) is 0.424. The number of imidazole rings is 1. The zero-order valence-corrected chi connectivity index (χ0v) is 16.1. The second-order valence-electron chi connectivity index (χ2n) is 6.38. The van der Waals surface area contributed by atoms with Crippen LogP contribution in [0.2, 0.25) is 0 Å². The third-order valence-electron chi connectivity index (χ3n) is 4.59. The molecule has 2 N–H and O–H groups in total. The van der Waals surface area contributed by atoms with Gasteiger partial charge in [0.15, 0.2) is 4.77 Å². The molecule has 0 aliphatic rings. The summed E-state index contributed by atoms with van der Waals surface area (Å²) < 4.78 is 7.48. The molecule has 0 aliphatic heterocycles. The monoisotopic (exact) mass is 389 g/mol. The van der Waals surface area contributed by atoms with E-state index in [-0.39, 0.29) is 5.91 Å². The summed E-state index contributed by atoms with van der Waals surface area (Å²) in [4.78, 5) is 15.7. The van der Waals surface area contributed by atoms with Crippen molar-refractivity contribution in [3.8, 4) is 11.4 Å². The molecule has 0 saturated heterocycles. The van der Waals surface area contributed by atoms with Crippen molar-refractivity contribution in [2.24, 2.45) is 0 Å². The van der Waals surface area contributed by atoms with Gasteiger partial charge in [-0.1, -0.05) is 36.4 Å². The van der Waals surface area contributed by atoms with Gasteiger partial charge in [0.05, 0.1) is 7.11 Å². The Bertz CT molecular complexity index is 1200. The molecule has 5 nitrogen and oxygen atoms in total. The molecular formula is C22H19N3O2S. The van der Waals surface area contributed by atoms with Gasteiger partial charge in [0.25, 0.3) is 5.91 Å². The van der Waals surface area contributed by atoms with E-state index in [1.54, 1.807) is 17.9 Å². The summed E-state index contributed by atoms with van der Waals surface area (Å²) in [5, 5.41) is 5.17. The number of carbonyl (C=O) groups is 1. The molecule has 140 valence electrons. The number of carbonyl (C=O) groups excluding carboxylic acids is 1. The van der Waals surface area contributed by atoms with Crippen molar-refractivity contribution >= 4 is 28.9 Å². The van der Waals surface area contributed by atoms with Gasteiger partial charge in [-0.3, -0.25) is 9.36 Å². The average molecular weight is 389 g/mol. The zero-order chi connectivity index (χ0) is 19.5. The Morgan fingerprint density at radius 1 is 1.07 bits per heavy atom. The van der Waals surface area contributed by atoms with Crippen LogP contribution in [0.3, 0.4) is 0 Å². The summed E-state index contributed by atoms with van der Waals surface area (Å²) >= 11 is 5.34. The average Bonchev–Trinajstić information content (AvgIpc) is 3.13. The molecule has 28 heavy (non-hydrogen) atoms. The van der Waals surface area contributed by atoms with Gasteiger partial charge < -0.3 is 15.0 Å². The number of hydrogen-bond acceptors (Lipinski definition) is 3. The number of hydrogen-bond donors (Lipinski definition) is 2. The number of methoxy groups -OCH3 is 1. The highest BCUT2D eigenvalue weighted by Gasteiger charge is 2.14. The predicted octanol–water partition coefficient (Wildman–Crippen LogP) is 4.63. The molecule has 1 aromatic heterocycles. The first-order chi connectivity index (χ1) is 13.7. The molecule has 4 aromatic rings. The number of aromatic amines is 1.